The largest absolute Gasteiger partial charge is 0.383 e. The van der Waals surface area contributed by atoms with Crippen molar-refractivity contribution in [2.75, 3.05) is 13.7 Å². The molecule has 0 radical (unpaired) electrons. The molecule has 29 heavy (non-hydrogen) atoms. The predicted octanol–water partition coefficient (Wildman–Crippen LogP) is 3.72. The number of benzene rings is 1. The van der Waals surface area contributed by atoms with Gasteiger partial charge in [0.1, 0.15) is 0 Å². The monoisotopic (exact) mass is 424 g/mol. The molecule has 0 unspecified atom stereocenters. The standard InChI is InChI=1S/C22H36N2O4S/c1-6-22(3,4)18-9-11-19(12-10-18)23-21(25)17-7-13-20(14-8-17)29(26,27)24-16(2)15-28-5/h7-8,13-14,16,18-19,24H,6,9-12,15H2,1-5H3,(H,23,25)/t16-,18?,19?/m1/s1. The lowest BCUT2D eigenvalue weighted by Crippen LogP contribution is -2.40. The van der Waals surface area contributed by atoms with Gasteiger partial charge in [0.25, 0.3) is 5.91 Å². The van der Waals surface area contributed by atoms with Crippen molar-refractivity contribution in [1.29, 1.82) is 0 Å². The van der Waals surface area contributed by atoms with Gasteiger partial charge in [-0.25, -0.2) is 13.1 Å². The number of rotatable bonds is 9. The van der Waals surface area contributed by atoms with Gasteiger partial charge in [0.2, 0.25) is 10.0 Å². The smallest absolute Gasteiger partial charge is 0.251 e. The van der Waals surface area contributed by atoms with Gasteiger partial charge in [-0.1, -0.05) is 27.2 Å². The van der Waals surface area contributed by atoms with Gasteiger partial charge in [0.15, 0.2) is 0 Å². The van der Waals surface area contributed by atoms with Crippen LogP contribution in [0.3, 0.4) is 0 Å². The number of carbonyl (C=O) groups is 1. The highest BCUT2D eigenvalue weighted by Crippen LogP contribution is 2.40. The Bertz CT molecular complexity index is 767. The molecule has 1 atom stereocenters. The van der Waals surface area contributed by atoms with E-state index in [1.54, 1.807) is 19.1 Å². The Balaban J connectivity index is 1.93. The van der Waals surface area contributed by atoms with E-state index in [-0.39, 0.29) is 29.5 Å². The molecule has 1 saturated carbocycles. The Hall–Kier alpha value is -1.44. The van der Waals surface area contributed by atoms with Crippen molar-refractivity contribution in [1.82, 2.24) is 10.0 Å². The van der Waals surface area contributed by atoms with Crippen LogP contribution < -0.4 is 10.0 Å². The summed E-state index contributed by atoms with van der Waals surface area (Å²) in [6.07, 6.45) is 5.42. The zero-order valence-electron chi connectivity index (χ0n) is 18.3. The molecule has 2 N–H and O–H groups in total. The average molecular weight is 425 g/mol. The summed E-state index contributed by atoms with van der Waals surface area (Å²) in [6.45, 7) is 8.93. The zero-order chi connectivity index (χ0) is 21.7. The zero-order valence-corrected chi connectivity index (χ0v) is 19.1. The van der Waals surface area contributed by atoms with Gasteiger partial charge >= 0.3 is 0 Å². The molecule has 0 aromatic heterocycles. The van der Waals surface area contributed by atoms with Crippen LogP contribution in [-0.4, -0.2) is 40.1 Å². The number of hydrogen-bond donors (Lipinski definition) is 2. The van der Waals surface area contributed by atoms with Crippen molar-refractivity contribution in [2.24, 2.45) is 11.3 Å². The molecule has 0 saturated heterocycles. The van der Waals surface area contributed by atoms with Crippen LogP contribution in [0.2, 0.25) is 0 Å². The lowest BCUT2D eigenvalue weighted by atomic mass is 9.69. The second kappa shape index (κ2) is 10.0. The Kier molecular flexibility index (Phi) is 8.26. The van der Waals surface area contributed by atoms with Crippen LogP contribution in [0.25, 0.3) is 0 Å². The maximum Gasteiger partial charge on any atom is 0.251 e. The minimum Gasteiger partial charge on any atom is -0.383 e. The first-order valence-corrected chi connectivity index (χ1v) is 12.0. The molecule has 0 aliphatic heterocycles. The summed E-state index contributed by atoms with van der Waals surface area (Å²) in [5.74, 6) is 0.561. The fourth-order valence-corrected chi connectivity index (χ4v) is 5.21. The minimum atomic E-state index is -3.64. The molecule has 164 valence electrons. The summed E-state index contributed by atoms with van der Waals surface area (Å²) in [4.78, 5) is 12.7. The van der Waals surface area contributed by atoms with Gasteiger partial charge in [0.05, 0.1) is 11.5 Å². The van der Waals surface area contributed by atoms with E-state index in [1.807, 2.05) is 0 Å². The Morgan fingerprint density at radius 3 is 2.28 bits per heavy atom. The van der Waals surface area contributed by atoms with Gasteiger partial charge in [-0.15, -0.1) is 0 Å². The van der Waals surface area contributed by atoms with E-state index >= 15 is 0 Å². The van der Waals surface area contributed by atoms with E-state index in [0.717, 1.165) is 25.7 Å². The summed E-state index contributed by atoms with van der Waals surface area (Å²) in [5, 5.41) is 3.11. The summed E-state index contributed by atoms with van der Waals surface area (Å²) in [5.41, 5.74) is 0.829. The van der Waals surface area contributed by atoms with Crippen LogP contribution in [-0.2, 0) is 14.8 Å². The van der Waals surface area contributed by atoms with E-state index < -0.39 is 10.0 Å². The lowest BCUT2D eigenvalue weighted by Gasteiger charge is -2.39. The summed E-state index contributed by atoms with van der Waals surface area (Å²) in [6, 6.07) is 5.93. The van der Waals surface area contributed by atoms with Crippen LogP contribution in [0.5, 0.6) is 0 Å². The van der Waals surface area contributed by atoms with Crippen molar-refractivity contribution in [2.45, 2.75) is 76.8 Å². The van der Waals surface area contributed by atoms with Crippen LogP contribution in [0, 0.1) is 11.3 Å². The van der Waals surface area contributed by atoms with Crippen LogP contribution >= 0.6 is 0 Å². The summed E-state index contributed by atoms with van der Waals surface area (Å²) < 4.78 is 32.3. The number of hydrogen-bond acceptors (Lipinski definition) is 4. The molecule has 0 heterocycles. The Morgan fingerprint density at radius 2 is 1.76 bits per heavy atom. The first kappa shape index (κ1) is 23.8. The van der Waals surface area contributed by atoms with E-state index in [4.69, 9.17) is 4.74 Å². The number of amides is 1. The molecular formula is C22H36N2O4S. The second-order valence-corrected chi connectivity index (χ2v) is 10.6. The molecule has 6 nitrogen and oxygen atoms in total. The molecule has 0 bridgehead atoms. The van der Waals surface area contributed by atoms with Crippen molar-refractivity contribution in [3.63, 3.8) is 0 Å². The predicted molar refractivity (Wildman–Crippen MR) is 115 cm³/mol. The molecule has 1 aliphatic carbocycles. The van der Waals surface area contributed by atoms with Gasteiger partial charge in [-0.2, -0.15) is 0 Å². The molecule has 1 amide bonds. The molecule has 7 heteroatoms. The molecule has 0 spiro atoms. The molecule has 2 rings (SSSR count). The minimum absolute atomic E-state index is 0.138. The van der Waals surface area contributed by atoms with Crippen molar-refractivity contribution >= 4 is 15.9 Å². The average Bonchev–Trinajstić information content (AvgIpc) is 2.68. The van der Waals surface area contributed by atoms with Gasteiger partial charge in [-0.3, -0.25) is 4.79 Å². The van der Waals surface area contributed by atoms with Crippen molar-refractivity contribution in [3.05, 3.63) is 29.8 Å². The number of ether oxygens (including phenoxy) is 1. The van der Waals surface area contributed by atoms with E-state index in [1.165, 1.54) is 25.7 Å². The van der Waals surface area contributed by atoms with Crippen molar-refractivity contribution < 1.29 is 17.9 Å². The summed E-state index contributed by atoms with van der Waals surface area (Å²) >= 11 is 0. The maximum absolute atomic E-state index is 12.6. The number of methoxy groups -OCH3 is 1. The highest BCUT2D eigenvalue weighted by atomic mass is 32.2. The maximum atomic E-state index is 12.6. The van der Waals surface area contributed by atoms with Crippen molar-refractivity contribution in [3.8, 4) is 0 Å². The van der Waals surface area contributed by atoms with E-state index in [2.05, 4.69) is 30.8 Å². The van der Waals surface area contributed by atoms with Gasteiger partial charge < -0.3 is 10.1 Å². The third-order valence-corrected chi connectivity index (χ3v) is 7.88. The normalized spacial score (nSPS) is 21.6. The fraction of sp³-hybridized carbons (Fsp3) is 0.682. The molecule has 1 aliphatic rings. The van der Waals surface area contributed by atoms with Crippen LogP contribution in [0.4, 0.5) is 0 Å². The number of nitrogens with one attached hydrogen (secondary N) is 2. The molecule has 1 fully saturated rings. The molecule has 1 aromatic rings. The van der Waals surface area contributed by atoms with Crippen LogP contribution in [0.15, 0.2) is 29.2 Å². The highest BCUT2D eigenvalue weighted by molar-refractivity contribution is 7.89. The molecule has 1 aromatic carbocycles. The highest BCUT2D eigenvalue weighted by Gasteiger charge is 2.32. The third-order valence-electron chi connectivity index (χ3n) is 6.28. The second-order valence-electron chi connectivity index (χ2n) is 8.87. The van der Waals surface area contributed by atoms with E-state index in [0.29, 0.717) is 16.9 Å². The first-order chi connectivity index (χ1) is 13.6. The first-order valence-electron chi connectivity index (χ1n) is 10.5. The lowest BCUT2D eigenvalue weighted by molar-refractivity contribution is 0.0893. The topological polar surface area (TPSA) is 84.5 Å². The SMILES string of the molecule is CCC(C)(C)C1CCC(NC(=O)c2ccc(S(=O)(=O)N[C@H](C)COC)cc2)CC1. The van der Waals surface area contributed by atoms with E-state index in [9.17, 15) is 13.2 Å². The quantitative estimate of drug-likeness (QED) is 0.633. The van der Waals surface area contributed by atoms with Gasteiger partial charge in [-0.05, 0) is 68.2 Å². The number of sulfonamides is 1. The third kappa shape index (κ3) is 6.52. The Morgan fingerprint density at radius 1 is 1.17 bits per heavy atom. The molecular weight excluding hydrogens is 388 g/mol. The number of carbonyl (C=O) groups excluding carboxylic acids is 1. The summed E-state index contributed by atoms with van der Waals surface area (Å²) in [7, 11) is -2.11. The van der Waals surface area contributed by atoms with Crippen LogP contribution in [0.1, 0.15) is 70.2 Å². The van der Waals surface area contributed by atoms with Gasteiger partial charge in [0, 0.05) is 24.8 Å². The Labute approximate surface area is 175 Å². The fourth-order valence-electron chi connectivity index (χ4n) is 3.98.